The van der Waals surface area contributed by atoms with Gasteiger partial charge in [0.1, 0.15) is 23.7 Å². The fraction of sp³-hybridized carbons (Fsp3) is 0.387. The highest BCUT2D eigenvalue weighted by Gasteiger charge is 2.37. The van der Waals surface area contributed by atoms with Gasteiger partial charge in [-0.25, -0.2) is 4.79 Å². The lowest BCUT2D eigenvalue weighted by Gasteiger charge is -2.38. The molecule has 2 unspecified atom stereocenters. The van der Waals surface area contributed by atoms with Gasteiger partial charge in [-0.1, -0.05) is 91.8 Å². The van der Waals surface area contributed by atoms with Crippen molar-refractivity contribution in [3.05, 3.63) is 102 Å². The molecule has 0 aliphatic carbocycles. The van der Waals surface area contributed by atoms with E-state index in [0.717, 1.165) is 23.3 Å². The van der Waals surface area contributed by atoms with Crippen LogP contribution in [-0.2, 0) is 23.7 Å². The largest absolute Gasteiger partial charge is 0.455 e. The van der Waals surface area contributed by atoms with Crippen molar-refractivity contribution in [2.45, 2.75) is 61.6 Å². The molecule has 3 aromatic carbocycles. The van der Waals surface area contributed by atoms with Gasteiger partial charge in [0.05, 0.1) is 18.8 Å². The zero-order chi connectivity index (χ0) is 26.6. The second kappa shape index (κ2) is 15.0. The molecule has 7 heteroatoms. The molecule has 0 amide bonds. The summed E-state index contributed by atoms with van der Waals surface area (Å²) in [6, 6.07) is 28.8. The smallest absolute Gasteiger partial charge is 0.338 e. The van der Waals surface area contributed by atoms with Gasteiger partial charge < -0.3 is 23.7 Å². The normalized spacial score (nSPS) is 20.9. The third kappa shape index (κ3) is 8.41. The summed E-state index contributed by atoms with van der Waals surface area (Å²) in [6.45, 7) is 5.36. The van der Waals surface area contributed by atoms with Crippen molar-refractivity contribution in [2.75, 3.05) is 19.8 Å². The van der Waals surface area contributed by atoms with E-state index in [1.165, 1.54) is 11.8 Å². The Bertz CT molecular complexity index is 1080. The van der Waals surface area contributed by atoms with Crippen LogP contribution in [0, 0.1) is 0 Å². The number of thioether (sulfide) groups is 1. The number of ether oxygens (including phenoxy) is 5. The Hall–Kier alpha value is -2.68. The average Bonchev–Trinajstić information content (AvgIpc) is 2.97. The third-order valence-electron chi connectivity index (χ3n) is 6.11. The van der Waals surface area contributed by atoms with E-state index in [1.807, 2.05) is 85.8 Å². The minimum atomic E-state index is -0.540. The molecule has 0 saturated carbocycles. The summed E-state index contributed by atoms with van der Waals surface area (Å²) in [5, 5.41) is 0. The predicted octanol–water partition coefficient (Wildman–Crippen LogP) is 6.67. The molecule has 0 spiro atoms. The summed E-state index contributed by atoms with van der Waals surface area (Å²) < 4.78 is 30.9. The number of unbranched alkanes of at least 4 members (excludes halogenated alkanes) is 1. The van der Waals surface area contributed by atoms with Gasteiger partial charge in [-0.2, -0.15) is 0 Å². The summed E-state index contributed by atoms with van der Waals surface area (Å²) in [7, 11) is 0. The lowest BCUT2D eigenvalue weighted by molar-refractivity contribution is -0.278. The van der Waals surface area contributed by atoms with Gasteiger partial charge >= 0.3 is 5.97 Å². The van der Waals surface area contributed by atoms with E-state index >= 15 is 0 Å². The highest BCUT2D eigenvalue weighted by Crippen LogP contribution is 2.33. The molecule has 202 valence electrons. The molecule has 3 aromatic rings. The van der Waals surface area contributed by atoms with Crippen LogP contribution in [0.1, 0.15) is 48.9 Å². The molecular formula is C31H36O6S. The van der Waals surface area contributed by atoms with Gasteiger partial charge in [0, 0.05) is 17.1 Å². The van der Waals surface area contributed by atoms with Crippen LogP contribution in [0.2, 0.25) is 0 Å². The molecule has 0 N–H and O–H groups in total. The van der Waals surface area contributed by atoms with Crippen LogP contribution in [0.4, 0.5) is 0 Å². The molecule has 1 saturated heterocycles. The summed E-state index contributed by atoms with van der Waals surface area (Å²) in [4.78, 5) is 13.8. The van der Waals surface area contributed by atoms with Crippen molar-refractivity contribution in [1.82, 2.24) is 0 Å². The van der Waals surface area contributed by atoms with Crippen LogP contribution >= 0.6 is 11.8 Å². The van der Waals surface area contributed by atoms with Gasteiger partial charge in [-0.15, -0.1) is 0 Å². The molecule has 0 aromatic heterocycles. The van der Waals surface area contributed by atoms with Crippen LogP contribution in [-0.4, -0.2) is 49.5 Å². The summed E-state index contributed by atoms with van der Waals surface area (Å²) in [5.74, 6) is -0.389. The minimum absolute atomic E-state index is 0.326. The molecule has 4 rings (SSSR count). The lowest BCUT2D eigenvalue weighted by Crippen LogP contribution is -2.47. The van der Waals surface area contributed by atoms with E-state index in [-0.39, 0.29) is 12.1 Å². The number of carbonyl (C=O) groups is 1. The van der Waals surface area contributed by atoms with E-state index in [0.29, 0.717) is 25.4 Å². The van der Waals surface area contributed by atoms with Crippen LogP contribution < -0.4 is 0 Å². The molecule has 0 radical (unpaired) electrons. The number of carbonyl (C=O) groups excluding carboxylic acids is 1. The van der Waals surface area contributed by atoms with E-state index in [1.54, 1.807) is 12.1 Å². The molecular weight excluding hydrogens is 500 g/mol. The maximum Gasteiger partial charge on any atom is 0.338 e. The van der Waals surface area contributed by atoms with Gasteiger partial charge in [-0.3, -0.25) is 0 Å². The minimum Gasteiger partial charge on any atom is -0.455 e. The van der Waals surface area contributed by atoms with E-state index in [4.69, 9.17) is 23.7 Å². The van der Waals surface area contributed by atoms with Crippen molar-refractivity contribution in [2.24, 2.45) is 0 Å². The predicted molar refractivity (Wildman–Crippen MR) is 148 cm³/mol. The van der Waals surface area contributed by atoms with Crippen LogP contribution in [0.3, 0.4) is 0 Å². The van der Waals surface area contributed by atoms with E-state index < -0.39 is 23.9 Å². The molecule has 38 heavy (non-hydrogen) atoms. The highest BCUT2D eigenvalue weighted by molar-refractivity contribution is 7.99. The second-order valence-electron chi connectivity index (χ2n) is 9.13. The first-order chi connectivity index (χ1) is 18.6. The van der Waals surface area contributed by atoms with Crippen molar-refractivity contribution in [1.29, 1.82) is 0 Å². The Morgan fingerprint density at radius 2 is 1.63 bits per heavy atom. The fourth-order valence-electron chi connectivity index (χ4n) is 3.99. The Kier molecular flexibility index (Phi) is 11.2. The van der Waals surface area contributed by atoms with E-state index in [2.05, 4.69) is 6.92 Å². The molecule has 1 aliphatic heterocycles. The Balaban J connectivity index is 1.49. The number of rotatable bonds is 13. The molecule has 5 atom stereocenters. The summed E-state index contributed by atoms with van der Waals surface area (Å²) >= 11 is 1.51. The van der Waals surface area contributed by atoms with Crippen LogP contribution in [0.15, 0.2) is 95.9 Å². The number of hydrogen-bond donors (Lipinski definition) is 0. The van der Waals surface area contributed by atoms with Crippen LogP contribution in [0.25, 0.3) is 0 Å². The first-order valence-electron chi connectivity index (χ1n) is 13.2. The molecule has 1 aliphatic rings. The van der Waals surface area contributed by atoms with Gasteiger partial charge in [0.2, 0.25) is 0 Å². The molecule has 6 nitrogen and oxygen atoms in total. The summed E-state index contributed by atoms with van der Waals surface area (Å²) in [6.07, 6.45) is 0.250. The standard InChI is InChI=1S/C31H36O6S/c1-3-4-20-33-21-27-28(22-34-30(36-27)25-16-10-6-11-17-25)37-31(38-26-18-12-7-13-19-26)23(2)35-29(32)24-14-8-5-9-15-24/h5-19,23,27-28,30-31H,3-4,20-22H2,1-2H3/t23-,27+,28?,30?,31-/m0/s1. The molecule has 0 bridgehead atoms. The maximum atomic E-state index is 12.8. The number of hydrogen-bond acceptors (Lipinski definition) is 7. The highest BCUT2D eigenvalue weighted by atomic mass is 32.2. The van der Waals surface area contributed by atoms with Crippen LogP contribution in [0.5, 0.6) is 0 Å². The fourth-order valence-corrected chi connectivity index (χ4v) is 5.01. The number of benzene rings is 3. The quantitative estimate of drug-likeness (QED) is 0.105. The van der Waals surface area contributed by atoms with Gasteiger partial charge in [0.25, 0.3) is 0 Å². The summed E-state index contributed by atoms with van der Waals surface area (Å²) in [5.41, 5.74) is 0.957. The zero-order valence-electron chi connectivity index (χ0n) is 21.9. The topological polar surface area (TPSA) is 63.2 Å². The Morgan fingerprint density at radius 1 is 0.974 bits per heavy atom. The number of esters is 1. The maximum absolute atomic E-state index is 12.8. The van der Waals surface area contributed by atoms with Crippen molar-refractivity contribution < 1.29 is 28.5 Å². The Labute approximate surface area is 229 Å². The SMILES string of the molecule is CCCCOC[C@H]1OC(c2ccccc2)OCC1O[C@@H](Sc1ccccc1)[C@H](C)OC(=O)c1ccccc1. The molecule has 1 heterocycles. The third-order valence-corrected chi connectivity index (χ3v) is 7.38. The lowest BCUT2D eigenvalue weighted by atomic mass is 10.1. The molecule has 1 fully saturated rings. The zero-order valence-corrected chi connectivity index (χ0v) is 22.8. The van der Waals surface area contributed by atoms with Crippen molar-refractivity contribution in [3.8, 4) is 0 Å². The first kappa shape index (κ1) is 28.3. The second-order valence-corrected chi connectivity index (χ2v) is 10.3. The first-order valence-corrected chi connectivity index (χ1v) is 14.0. The monoisotopic (exact) mass is 536 g/mol. The Morgan fingerprint density at radius 3 is 2.32 bits per heavy atom. The average molecular weight is 537 g/mol. The van der Waals surface area contributed by atoms with Gasteiger partial charge in [-0.05, 0) is 37.6 Å². The van der Waals surface area contributed by atoms with Crippen molar-refractivity contribution in [3.63, 3.8) is 0 Å². The van der Waals surface area contributed by atoms with E-state index in [9.17, 15) is 4.79 Å². The van der Waals surface area contributed by atoms with Gasteiger partial charge in [0.15, 0.2) is 6.29 Å². The van der Waals surface area contributed by atoms with Crippen molar-refractivity contribution >= 4 is 17.7 Å².